The van der Waals surface area contributed by atoms with Gasteiger partial charge in [0, 0.05) is 11.4 Å². The van der Waals surface area contributed by atoms with Crippen molar-refractivity contribution in [3.8, 4) is 0 Å². The minimum atomic E-state index is -4.16. The number of hydrogen-bond donors (Lipinski definition) is 0. The van der Waals surface area contributed by atoms with Crippen molar-refractivity contribution in [2.24, 2.45) is 0 Å². The van der Waals surface area contributed by atoms with E-state index in [1.54, 1.807) is 26.0 Å². The predicted octanol–water partition coefficient (Wildman–Crippen LogP) is 5.58. The van der Waals surface area contributed by atoms with E-state index in [0.29, 0.717) is 5.02 Å². The van der Waals surface area contributed by atoms with Gasteiger partial charge in [0.1, 0.15) is 0 Å². The molecule has 0 aliphatic heterocycles. The average molecular weight is 285 g/mol. The topological polar surface area (TPSA) is 0 Å². The molecule has 1 aromatic carbocycles. The first-order valence-electron chi connectivity index (χ1n) is 5.18. The highest BCUT2D eigenvalue weighted by Crippen LogP contribution is 2.34. The molecule has 0 aliphatic carbocycles. The van der Waals surface area contributed by atoms with Gasteiger partial charge in [0.2, 0.25) is 0 Å². The van der Waals surface area contributed by atoms with Crippen molar-refractivity contribution >= 4 is 23.2 Å². The minimum absolute atomic E-state index is 0.118. The third kappa shape index (κ3) is 4.40. The summed E-state index contributed by atoms with van der Waals surface area (Å²) in [6, 6.07) is 3.49. The third-order valence-electron chi connectivity index (χ3n) is 2.57. The quantitative estimate of drug-likeness (QED) is 0.636. The second-order valence-corrected chi connectivity index (χ2v) is 5.01. The zero-order chi connectivity index (χ0) is 13.2. The summed E-state index contributed by atoms with van der Waals surface area (Å²) in [5.41, 5.74) is 2.37. The summed E-state index contributed by atoms with van der Waals surface area (Å²) in [4.78, 5) is 0. The van der Waals surface area contributed by atoms with Crippen LogP contribution in [0, 0.1) is 13.8 Å². The summed E-state index contributed by atoms with van der Waals surface area (Å²) in [7, 11) is 0. The molecule has 0 spiro atoms. The number of halogens is 5. The van der Waals surface area contributed by atoms with Crippen LogP contribution in [0.1, 0.15) is 34.9 Å². The van der Waals surface area contributed by atoms with Crippen LogP contribution in [0.4, 0.5) is 13.2 Å². The molecule has 0 aromatic heterocycles. The molecule has 0 saturated heterocycles. The fourth-order valence-corrected chi connectivity index (χ4v) is 2.15. The summed E-state index contributed by atoms with van der Waals surface area (Å²) in [6.45, 7) is 3.60. The van der Waals surface area contributed by atoms with Gasteiger partial charge in [-0.1, -0.05) is 17.7 Å². The lowest BCUT2D eigenvalue weighted by molar-refractivity contribution is -0.135. The lowest BCUT2D eigenvalue weighted by Crippen LogP contribution is -2.08. The molecule has 0 nitrogen and oxygen atoms in total. The van der Waals surface area contributed by atoms with Gasteiger partial charge in [0.15, 0.2) is 0 Å². The minimum Gasteiger partial charge on any atom is -0.171 e. The van der Waals surface area contributed by atoms with Crippen molar-refractivity contribution in [3.63, 3.8) is 0 Å². The van der Waals surface area contributed by atoms with Gasteiger partial charge in [-0.2, -0.15) is 13.2 Å². The Morgan fingerprint density at radius 1 is 1.18 bits per heavy atom. The van der Waals surface area contributed by atoms with Gasteiger partial charge < -0.3 is 0 Å². The molecule has 0 bridgehead atoms. The molecule has 0 radical (unpaired) electrons. The summed E-state index contributed by atoms with van der Waals surface area (Å²) >= 11 is 11.9. The zero-order valence-electron chi connectivity index (χ0n) is 9.54. The molecule has 1 unspecified atom stereocenters. The maximum Gasteiger partial charge on any atom is 0.389 e. The van der Waals surface area contributed by atoms with Gasteiger partial charge in [-0.25, -0.2) is 0 Å². The zero-order valence-corrected chi connectivity index (χ0v) is 11.0. The Morgan fingerprint density at radius 2 is 1.76 bits per heavy atom. The molecule has 17 heavy (non-hydrogen) atoms. The van der Waals surface area contributed by atoms with Gasteiger partial charge in [0.05, 0.1) is 5.38 Å². The van der Waals surface area contributed by atoms with E-state index in [-0.39, 0.29) is 6.42 Å². The lowest BCUT2D eigenvalue weighted by atomic mass is 10.00. The van der Waals surface area contributed by atoms with Crippen LogP contribution in [0.25, 0.3) is 0 Å². The van der Waals surface area contributed by atoms with Gasteiger partial charge in [-0.05, 0) is 43.0 Å². The van der Waals surface area contributed by atoms with Crippen molar-refractivity contribution in [1.29, 1.82) is 0 Å². The molecule has 1 rings (SSSR count). The van der Waals surface area contributed by atoms with Crippen molar-refractivity contribution in [1.82, 2.24) is 0 Å². The van der Waals surface area contributed by atoms with Crippen LogP contribution >= 0.6 is 23.2 Å². The van der Waals surface area contributed by atoms with Crippen molar-refractivity contribution in [3.05, 3.63) is 33.8 Å². The molecule has 0 fully saturated rings. The fourth-order valence-electron chi connectivity index (χ4n) is 1.59. The van der Waals surface area contributed by atoms with E-state index in [1.165, 1.54) is 0 Å². The number of benzene rings is 1. The molecule has 0 saturated carbocycles. The fraction of sp³-hybridized carbons (Fsp3) is 0.500. The highest BCUT2D eigenvalue weighted by molar-refractivity contribution is 6.31. The van der Waals surface area contributed by atoms with Crippen molar-refractivity contribution in [2.45, 2.75) is 38.2 Å². The third-order valence-corrected chi connectivity index (χ3v) is 3.43. The monoisotopic (exact) mass is 284 g/mol. The van der Waals surface area contributed by atoms with Crippen molar-refractivity contribution < 1.29 is 13.2 Å². The number of hydrogen-bond acceptors (Lipinski definition) is 0. The molecule has 0 heterocycles. The second kappa shape index (κ2) is 5.49. The molecule has 1 aromatic rings. The number of alkyl halides is 4. The van der Waals surface area contributed by atoms with Gasteiger partial charge >= 0.3 is 6.18 Å². The molecule has 0 aliphatic rings. The number of aryl methyl sites for hydroxylation is 2. The summed E-state index contributed by atoms with van der Waals surface area (Å²) in [6.07, 6.45) is -5.15. The Morgan fingerprint density at radius 3 is 2.29 bits per heavy atom. The Bertz CT molecular complexity index is 399. The average Bonchev–Trinajstić information content (AvgIpc) is 2.19. The molecule has 5 heteroatoms. The Kier molecular flexibility index (Phi) is 4.73. The van der Waals surface area contributed by atoms with Crippen LogP contribution in [0.2, 0.25) is 5.02 Å². The van der Waals surface area contributed by atoms with Crippen LogP contribution in [0.3, 0.4) is 0 Å². The van der Waals surface area contributed by atoms with E-state index in [9.17, 15) is 13.2 Å². The van der Waals surface area contributed by atoms with Crippen LogP contribution in [0.5, 0.6) is 0 Å². The van der Waals surface area contributed by atoms with Crippen LogP contribution in [-0.4, -0.2) is 6.18 Å². The van der Waals surface area contributed by atoms with E-state index in [1.807, 2.05) is 0 Å². The Labute approximate surface area is 109 Å². The van der Waals surface area contributed by atoms with Crippen LogP contribution < -0.4 is 0 Å². The smallest absolute Gasteiger partial charge is 0.171 e. The lowest BCUT2D eigenvalue weighted by Gasteiger charge is -2.15. The molecular formula is C12H13Cl2F3. The molecule has 1 atom stereocenters. The molecular weight excluding hydrogens is 272 g/mol. The Hall–Kier alpha value is -0.410. The second-order valence-electron chi connectivity index (χ2n) is 4.08. The first-order valence-corrected chi connectivity index (χ1v) is 5.99. The molecule has 0 N–H and O–H groups in total. The first kappa shape index (κ1) is 14.7. The van der Waals surface area contributed by atoms with E-state index in [2.05, 4.69) is 0 Å². The van der Waals surface area contributed by atoms with Gasteiger partial charge in [-0.15, -0.1) is 11.6 Å². The summed E-state index contributed by atoms with van der Waals surface area (Å²) < 4.78 is 36.3. The maximum absolute atomic E-state index is 12.1. The summed E-state index contributed by atoms with van der Waals surface area (Å²) in [5.74, 6) is 0. The van der Waals surface area contributed by atoms with E-state index in [0.717, 1.165) is 16.7 Å². The van der Waals surface area contributed by atoms with E-state index in [4.69, 9.17) is 23.2 Å². The Balaban J connectivity index is 2.82. The number of rotatable bonds is 3. The first-order chi connectivity index (χ1) is 7.70. The van der Waals surface area contributed by atoms with Gasteiger partial charge in [-0.3, -0.25) is 0 Å². The SMILES string of the molecule is Cc1cc(C(Cl)CCC(F)(F)F)c(C)cc1Cl. The molecule has 96 valence electrons. The standard InChI is InChI=1S/C12H13Cl2F3/c1-7-6-11(14)8(2)5-9(7)10(13)3-4-12(15,16)17/h5-6,10H,3-4H2,1-2H3. The van der Waals surface area contributed by atoms with Crippen LogP contribution in [-0.2, 0) is 0 Å². The maximum atomic E-state index is 12.1. The predicted molar refractivity (Wildman–Crippen MR) is 64.8 cm³/mol. The van der Waals surface area contributed by atoms with E-state index < -0.39 is 18.0 Å². The highest BCUT2D eigenvalue weighted by atomic mass is 35.5. The largest absolute Gasteiger partial charge is 0.389 e. The van der Waals surface area contributed by atoms with Gasteiger partial charge in [0.25, 0.3) is 0 Å². The highest BCUT2D eigenvalue weighted by Gasteiger charge is 2.28. The van der Waals surface area contributed by atoms with Crippen LogP contribution in [0.15, 0.2) is 12.1 Å². The summed E-state index contributed by atoms with van der Waals surface area (Å²) in [5, 5.41) is -0.0291. The molecule has 0 amide bonds. The van der Waals surface area contributed by atoms with Crippen molar-refractivity contribution in [2.75, 3.05) is 0 Å². The van der Waals surface area contributed by atoms with E-state index >= 15 is 0 Å². The normalized spacial score (nSPS) is 13.8.